The van der Waals surface area contributed by atoms with E-state index in [2.05, 4.69) is 10.3 Å². The lowest BCUT2D eigenvalue weighted by Crippen LogP contribution is -2.49. The molecule has 0 aromatic carbocycles. The molecule has 1 unspecified atom stereocenters. The van der Waals surface area contributed by atoms with E-state index in [-0.39, 0.29) is 11.9 Å². The van der Waals surface area contributed by atoms with Gasteiger partial charge in [0.05, 0.1) is 0 Å². The maximum atomic E-state index is 11.8. The first kappa shape index (κ1) is 11.1. The van der Waals surface area contributed by atoms with E-state index in [1.807, 2.05) is 29.6 Å². The highest BCUT2D eigenvalue weighted by Gasteiger charge is 2.29. The first-order chi connectivity index (χ1) is 7.74. The van der Waals surface area contributed by atoms with Crippen molar-refractivity contribution >= 4 is 5.91 Å². The zero-order chi connectivity index (χ0) is 11.5. The summed E-state index contributed by atoms with van der Waals surface area (Å²) in [6.07, 6.45) is 4.25. The van der Waals surface area contributed by atoms with Crippen LogP contribution in [0.4, 0.5) is 0 Å². The van der Waals surface area contributed by atoms with E-state index in [0.717, 1.165) is 25.5 Å². The highest BCUT2D eigenvalue weighted by molar-refractivity contribution is 5.76. The van der Waals surface area contributed by atoms with Crippen LogP contribution < -0.4 is 5.32 Å². The number of imidazole rings is 1. The molecule has 2 rings (SSSR count). The average Bonchev–Trinajstić information content (AvgIpc) is 2.74. The molecule has 1 amide bonds. The van der Waals surface area contributed by atoms with Crippen LogP contribution in [0.3, 0.4) is 0 Å². The maximum absolute atomic E-state index is 11.8. The zero-order valence-electron chi connectivity index (χ0n) is 9.81. The van der Waals surface area contributed by atoms with Crippen LogP contribution >= 0.6 is 0 Å². The fourth-order valence-corrected chi connectivity index (χ4v) is 2.13. The molecule has 5 nitrogen and oxygen atoms in total. The van der Waals surface area contributed by atoms with Crippen molar-refractivity contribution in [2.24, 2.45) is 7.05 Å². The number of amides is 1. The number of nitrogens with zero attached hydrogens (tertiary/aromatic N) is 3. The molecule has 0 aliphatic carbocycles. The average molecular weight is 222 g/mol. The third kappa shape index (κ3) is 1.95. The molecule has 1 fully saturated rings. The number of aromatic nitrogens is 2. The molecule has 1 aromatic heterocycles. The summed E-state index contributed by atoms with van der Waals surface area (Å²) in [5, 5.41) is 3.31. The van der Waals surface area contributed by atoms with Crippen LogP contribution in [0.1, 0.15) is 25.2 Å². The summed E-state index contributed by atoms with van der Waals surface area (Å²) in [5.74, 6) is 1.16. The summed E-state index contributed by atoms with van der Waals surface area (Å²) in [5.41, 5.74) is 0. The van der Waals surface area contributed by atoms with Gasteiger partial charge in [-0.15, -0.1) is 0 Å². The number of hydrogen-bond donors (Lipinski definition) is 1. The summed E-state index contributed by atoms with van der Waals surface area (Å²) in [6.45, 7) is 4.33. The van der Waals surface area contributed by atoms with Gasteiger partial charge in [-0.3, -0.25) is 4.79 Å². The molecular formula is C11H18N4O. The summed E-state index contributed by atoms with van der Waals surface area (Å²) >= 11 is 0. The Morgan fingerprint density at radius 3 is 3.12 bits per heavy atom. The largest absolute Gasteiger partial charge is 0.336 e. The quantitative estimate of drug-likeness (QED) is 0.783. The van der Waals surface area contributed by atoms with Crippen molar-refractivity contribution in [2.45, 2.75) is 19.4 Å². The first-order valence-corrected chi connectivity index (χ1v) is 5.71. The van der Waals surface area contributed by atoms with Crippen molar-refractivity contribution in [1.82, 2.24) is 19.8 Å². The van der Waals surface area contributed by atoms with Crippen molar-refractivity contribution in [3.63, 3.8) is 0 Å². The van der Waals surface area contributed by atoms with Gasteiger partial charge in [0.2, 0.25) is 5.91 Å². The molecule has 0 spiro atoms. The zero-order valence-corrected chi connectivity index (χ0v) is 9.81. The summed E-state index contributed by atoms with van der Waals surface area (Å²) < 4.78 is 1.98. The number of piperazine rings is 1. The highest BCUT2D eigenvalue weighted by Crippen LogP contribution is 2.20. The molecule has 0 saturated carbocycles. The second-order valence-electron chi connectivity index (χ2n) is 4.06. The van der Waals surface area contributed by atoms with E-state index in [0.29, 0.717) is 6.42 Å². The van der Waals surface area contributed by atoms with Gasteiger partial charge in [-0.2, -0.15) is 0 Å². The molecule has 1 saturated heterocycles. The smallest absolute Gasteiger partial charge is 0.222 e. The van der Waals surface area contributed by atoms with Crippen LogP contribution in [0.5, 0.6) is 0 Å². The van der Waals surface area contributed by atoms with E-state index in [1.54, 1.807) is 6.20 Å². The number of carbonyl (C=O) groups is 1. The lowest BCUT2D eigenvalue weighted by Gasteiger charge is -2.35. The van der Waals surface area contributed by atoms with E-state index in [1.165, 1.54) is 0 Å². The highest BCUT2D eigenvalue weighted by atomic mass is 16.2. The van der Waals surface area contributed by atoms with Gasteiger partial charge in [-0.25, -0.2) is 4.98 Å². The van der Waals surface area contributed by atoms with Gasteiger partial charge < -0.3 is 14.8 Å². The monoisotopic (exact) mass is 222 g/mol. The summed E-state index contributed by atoms with van der Waals surface area (Å²) in [6, 6.07) is 0.0706. The normalized spacial score (nSPS) is 21.1. The van der Waals surface area contributed by atoms with Crippen LogP contribution in [0.25, 0.3) is 0 Å². The van der Waals surface area contributed by atoms with Crippen LogP contribution in [0.2, 0.25) is 0 Å². The minimum absolute atomic E-state index is 0.0706. The van der Waals surface area contributed by atoms with Crippen molar-refractivity contribution in [3.05, 3.63) is 18.2 Å². The third-order valence-corrected chi connectivity index (χ3v) is 3.02. The Morgan fingerprint density at radius 2 is 2.50 bits per heavy atom. The number of nitrogens with one attached hydrogen (secondary N) is 1. The molecule has 5 heteroatoms. The standard InChI is InChI=1S/C11H18N4O/c1-3-10(16)15-7-4-12-8-9(15)11-13-5-6-14(11)2/h5-6,9,12H,3-4,7-8H2,1-2H3. The Balaban J connectivity index is 2.23. The van der Waals surface area contributed by atoms with Crippen molar-refractivity contribution < 1.29 is 4.79 Å². The molecule has 1 aliphatic heterocycles. The van der Waals surface area contributed by atoms with Crippen LogP contribution in [0.15, 0.2) is 12.4 Å². The Labute approximate surface area is 95.5 Å². The number of aryl methyl sites for hydroxylation is 1. The van der Waals surface area contributed by atoms with Gasteiger partial charge >= 0.3 is 0 Å². The van der Waals surface area contributed by atoms with Gasteiger partial charge in [-0.1, -0.05) is 6.92 Å². The third-order valence-electron chi connectivity index (χ3n) is 3.02. The lowest BCUT2D eigenvalue weighted by molar-refractivity contribution is -0.134. The number of hydrogen-bond acceptors (Lipinski definition) is 3. The fourth-order valence-electron chi connectivity index (χ4n) is 2.13. The van der Waals surface area contributed by atoms with Crippen molar-refractivity contribution in [2.75, 3.05) is 19.6 Å². The molecule has 1 aliphatic rings. The molecular weight excluding hydrogens is 204 g/mol. The molecule has 2 heterocycles. The minimum atomic E-state index is 0.0706. The van der Waals surface area contributed by atoms with Crippen LogP contribution in [0, 0.1) is 0 Å². The Hall–Kier alpha value is -1.36. The second-order valence-corrected chi connectivity index (χ2v) is 4.06. The van der Waals surface area contributed by atoms with Gasteiger partial charge in [0.1, 0.15) is 11.9 Å². The minimum Gasteiger partial charge on any atom is -0.336 e. The number of carbonyl (C=O) groups excluding carboxylic acids is 1. The van der Waals surface area contributed by atoms with Gasteiger partial charge in [0.25, 0.3) is 0 Å². The topological polar surface area (TPSA) is 50.2 Å². The first-order valence-electron chi connectivity index (χ1n) is 5.71. The van der Waals surface area contributed by atoms with E-state index in [9.17, 15) is 4.79 Å². The Morgan fingerprint density at radius 1 is 1.69 bits per heavy atom. The van der Waals surface area contributed by atoms with E-state index >= 15 is 0 Å². The van der Waals surface area contributed by atoms with E-state index < -0.39 is 0 Å². The molecule has 1 aromatic rings. The van der Waals surface area contributed by atoms with Crippen LogP contribution in [-0.2, 0) is 11.8 Å². The molecule has 0 bridgehead atoms. The SMILES string of the molecule is CCC(=O)N1CCNCC1c1nccn1C. The Bertz CT molecular complexity index is 374. The van der Waals surface area contributed by atoms with Gasteiger partial charge in [-0.05, 0) is 0 Å². The van der Waals surface area contributed by atoms with Gasteiger partial charge in [0, 0.05) is 45.5 Å². The summed E-state index contributed by atoms with van der Waals surface area (Å²) in [7, 11) is 1.96. The predicted octanol–water partition coefficient (Wildman–Crippen LogP) is 0.303. The second kappa shape index (κ2) is 4.65. The van der Waals surface area contributed by atoms with Crippen LogP contribution in [-0.4, -0.2) is 40.0 Å². The van der Waals surface area contributed by atoms with Crippen molar-refractivity contribution in [1.29, 1.82) is 0 Å². The molecule has 88 valence electrons. The predicted molar refractivity (Wildman–Crippen MR) is 60.8 cm³/mol. The molecule has 16 heavy (non-hydrogen) atoms. The number of rotatable bonds is 2. The summed E-state index contributed by atoms with van der Waals surface area (Å²) in [4.78, 5) is 18.1. The molecule has 1 atom stereocenters. The van der Waals surface area contributed by atoms with E-state index in [4.69, 9.17) is 0 Å². The van der Waals surface area contributed by atoms with Gasteiger partial charge in [0.15, 0.2) is 0 Å². The fraction of sp³-hybridized carbons (Fsp3) is 0.636. The Kier molecular flexibility index (Phi) is 3.24. The lowest BCUT2D eigenvalue weighted by atomic mass is 10.1. The molecule has 1 N–H and O–H groups in total. The van der Waals surface area contributed by atoms with Crippen molar-refractivity contribution in [3.8, 4) is 0 Å². The maximum Gasteiger partial charge on any atom is 0.222 e. The molecule has 0 radical (unpaired) electrons.